The highest BCUT2D eigenvalue weighted by Crippen LogP contribution is 2.27. The first kappa shape index (κ1) is 16.8. The fraction of sp³-hybridized carbons (Fsp3) is 0.278. The topological polar surface area (TPSA) is 67.8 Å². The second-order valence-corrected chi connectivity index (χ2v) is 5.04. The highest BCUT2D eigenvalue weighted by Gasteiger charge is 2.12. The predicted octanol–water partition coefficient (Wildman–Crippen LogP) is 2.56. The molecular weight excluding hydrogens is 294 g/mol. The number of carbonyl (C=O) groups excluding carboxylic acids is 1. The van der Waals surface area contributed by atoms with Gasteiger partial charge in [-0.2, -0.15) is 0 Å². The molecule has 1 amide bonds. The molecule has 122 valence electrons. The minimum Gasteiger partial charge on any atom is -0.493 e. The molecular formula is C18H21NO4. The summed E-state index contributed by atoms with van der Waals surface area (Å²) >= 11 is 0. The van der Waals surface area contributed by atoms with Crippen LogP contribution in [-0.2, 0) is 0 Å². The van der Waals surface area contributed by atoms with Crippen molar-refractivity contribution >= 4 is 5.91 Å². The Kier molecular flexibility index (Phi) is 6.00. The summed E-state index contributed by atoms with van der Waals surface area (Å²) in [6.07, 6.45) is -0.148. The van der Waals surface area contributed by atoms with Gasteiger partial charge in [0.15, 0.2) is 11.5 Å². The Morgan fingerprint density at radius 3 is 2.43 bits per heavy atom. The van der Waals surface area contributed by atoms with Gasteiger partial charge in [0.25, 0.3) is 5.91 Å². The van der Waals surface area contributed by atoms with Crippen LogP contribution >= 0.6 is 0 Å². The average molecular weight is 315 g/mol. The number of benzene rings is 2. The summed E-state index contributed by atoms with van der Waals surface area (Å²) in [5.41, 5.74) is 1.32. The lowest BCUT2D eigenvalue weighted by Gasteiger charge is -2.12. The Bertz CT molecular complexity index is 643. The number of amides is 1. The van der Waals surface area contributed by atoms with Crippen LogP contribution in [0.15, 0.2) is 48.5 Å². The maximum atomic E-state index is 12.1. The van der Waals surface area contributed by atoms with Gasteiger partial charge >= 0.3 is 0 Å². The van der Waals surface area contributed by atoms with Gasteiger partial charge in [0, 0.05) is 12.1 Å². The van der Waals surface area contributed by atoms with Gasteiger partial charge in [-0.3, -0.25) is 4.79 Å². The molecule has 0 aliphatic heterocycles. The fourth-order valence-corrected chi connectivity index (χ4v) is 2.24. The van der Waals surface area contributed by atoms with E-state index in [0.717, 1.165) is 5.56 Å². The van der Waals surface area contributed by atoms with Crippen molar-refractivity contribution in [3.8, 4) is 11.5 Å². The van der Waals surface area contributed by atoms with Crippen LogP contribution in [0.1, 0.15) is 28.4 Å². The van der Waals surface area contributed by atoms with E-state index in [1.54, 1.807) is 25.3 Å². The second-order valence-electron chi connectivity index (χ2n) is 5.04. The standard InChI is InChI=1S/C18H21NO4/c1-22-16-9-8-14(12-17(16)23-2)18(21)19-11-10-15(20)13-6-4-3-5-7-13/h3-9,12,15,20H,10-11H2,1-2H3,(H,19,21). The van der Waals surface area contributed by atoms with Crippen molar-refractivity contribution < 1.29 is 19.4 Å². The molecule has 0 saturated heterocycles. The Morgan fingerprint density at radius 1 is 1.09 bits per heavy atom. The molecule has 0 aromatic heterocycles. The van der Waals surface area contributed by atoms with E-state index in [0.29, 0.717) is 30.0 Å². The summed E-state index contributed by atoms with van der Waals surface area (Å²) in [4.78, 5) is 12.1. The van der Waals surface area contributed by atoms with E-state index in [2.05, 4.69) is 5.32 Å². The first-order chi connectivity index (χ1) is 11.2. The van der Waals surface area contributed by atoms with Crippen LogP contribution in [0, 0.1) is 0 Å². The van der Waals surface area contributed by atoms with Gasteiger partial charge in [0.1, 0.15) is 0 Å². The molecule has 0 fully saturated rings. The number of aliphatic hydroxyl groups is 1. The van der Waals surface area contributed by atoms with Gasteiger partial charge in [0.05, 0.1) is 20.3 Å². The van der Waals surface area contributed by atoms with Crippen LogP contribution in [0.25, 0.3) is 0 Å². The lowest BCUT2D eigenvalue weighted by atomic mass is 10.1. The Morgan fingerprint density at radius 2 is 1.78 bits per heavy atom. The monoisotopic (exact) mass is 315 g/mol. The zero-order chi connectivity index (χ0) is 16.7. The van der Waals surface area contributed by atoms with Gasteiger partial charge in [-0.05, 0) is 30.2 Å². The molecule has 1 unspecified atom stereocenters. The van der Waals surface area contributed by atoms with E-state index >= 15 is 0 Å². The normalized spacial score (nSPS) is 11.6. The highest BCUT2D eigenvalue weighted by atomic mass is 16.5. The number of hydrogen-bond acceptors (Lipinski definition) is 4. The number of aliphatic hydroxyl groups excluding tert-OH is 1. The zero-order valence-corrected chi connectivity index (χ0v) is 13.3. The quantitative estimate of drug-likeness (QED) is 0.824. The number of hydrogen-bond donors (Lipinski definition) is 2. The third-order valence-electron chi connectivity index (χ3n) is 3.53. The third kappa shape index (κ3) is 4.47. The Hall–Kier alpha value is -2.53. The molecule has 2 N–H and O–H groups in total. The van der Waals surface area contributed by atoms with Gasteiger partial charge < -0.3 is 19.9 Å². The third-order valence-corrected chi connectivity index (χ3v) is 3.53. The molecule has 0 heterocycles. The van der Waals surface area contributed by atoms with E-state index in [4.69, 9.17) is 9.47 Å². The zero-order valence-electron chi connectivity index (χ0n) is 13.3. The van der Waals surface area contributed by atoms with Gasteiger partial charge in [-0.1, -0.05) is 30.3 Å². The van der Waals surface area contributed by atoms with Crippen molar-refractivity contribution in [3.05, 3.63) is 59.7 Å². The van der Waals surface area contributed by atoms with Crippen LogP contribution in [0.4, 0.5) is 0 Å². The molecule has 23 heavy (non-hydrogen) atoms. The molecule has 2 aromatic carbocycles. The van der Waals surface area contributed by atoms with E-state index in [-0.39, 0.29) is 5.91 Å². The van der Waals surface area contributed by atoms with Gasteiger partial charge in [-0.25, -0.2) is 0 Å². The lowest BCUT2D eigenvalue weighted by molar-refractivity contribution is 0.0942. The van der Waals surface area contributed by atoms with Crippen LogP contribution < -0.4 is 14.8 Å². The number of nitrogens with one attached hydrogen (secondary N) is 1. The number of methoxy groups -OCH3 is 2. The summed E-state index contributed by atoms with van der Waals surface area (Å²) < 4.78 is 10.3. The second kappa shape index (κ2) is 8.19. The summed E-state index contributed by atoms with van der Waals surface area (Å²) in [6, 6.07) is 14.4. The van der Waals surface area contributed by atoms with E-state index in [1.807, 2.05) is 30.3 Å². The largest absolute Gasteiger partial charge is 0.493 e. The molecule has 2 rings (SSSR count). The first-order valence-electron chi connectivity index (χ1n) is 7.39. The van der Waals surface area contributed by atoms with E-state index in [1.165, 1.54) is 7.11 Å². The smallest absolute Gasteiger partial charge is 0.251 e. The number of rotatable bonds is 7. The van der Waals surface area contributed by atoms with Crippen molar-refractivity contribution in [2.24, 2.45) is 0 Å². The minimum atomic E-state index is -0.595. The number of carbonyl (C=O) groups is 1. The fourth-order valence-electron chi connectivity index (χ4n) is 2.24. The molecule has 0 radical (unpaired) electrons. The van der Waals surface area contributed by atoms with E-state index in [9.17, 15) is 9.90 Å². The minimum absolute atomic E-state index is 0.216. The molecule has 2 aromatic rings. The SMILES string of the molecule is COc1ccc(C(=O)NCCC(O)c2ccccc2)cc1OC. The summed E-state index contributed by atoms with van der Waals surface area (Å²) in [7, 11) is 3.07. The Labute approximate surface area is 135 Å². The molecule has 0 bridgehead atoms. The molecule has 0 aliphatic carbocycles. The molecule has 1 atom stereocenters. The molecule has 5 nitrogen and oxygen atoms in total. The van der Waals surface area contributed by atoms with Gasteiger partial charge in [0.2, 0.25) is 0 Å². The Balaban J connectivity index is 1.90. The van der Waals surface area contributed by atoms with Crippen LogP contribution in [0.5, 0.6) is 11.5 Å². The van der Waals surface area contributed by atoms with Gasteiger partial charge in [-0.15, -0.1) is 0 Å². The van der Waals surface area contributed by atoms with E-state index < -0.39 is 6.10 Å². The van der Waals surface area contributed by atoms with Crippen LogP contribution in [0.3, 0.4) is 0 Å². The molecule has 0 saturated carbocycles. The lowest BCUT2D eigenvalue weighted by Crippen LogP contribution is -2.25. The van der Waals surface area contributed by atoms with Crippen molar-refractivity contribution in [3.63, 3.8) is 0 Å². The maximum absolute atomic E-state index is 12.1. The molecule has 5 heteroatoms. The molecule has 0 aliphatic rings. The molecule has 0 spiro atoms. The summed E-state index contributed by atoms with van der Waals surface area (Å²) in [5.74, 6) is 0.860. The number of ether oxygens (including phenoxy) is 2. The summed E-state index contributed by atoms with van der Waals surface area (Å²) in [6.45, 7) is 0.378. The summed E-state index contributed by atoms with van der Waals surface area (Å²) in [5, 5.41) is 12.9. The van der Waals surface area contributed by atoms with Crippen molar-refractivity contribution in [2.45, 2.75) is 12.5 Å². The highest BCUT2D eigenvalue weighted by molar-refractivity contribution is 5.94. The van der Waals surface area contributed by atoms with Crippen molar-refractivity contribution in [1.82, 2.24) is 5.32 Å². The van der Waals surface area contributed by atoms with Crippen molar-refractivity contribution in [1.29, 1.82) is 0 Å². The maximum Gasteiger partial charge on any atom is 0.251 e. The first-order valence-corrected chi connectivity index (χ1v) is 7.39. The average Bonchev–Trinajstić information content (AvgIpc) is 2.61. The van der Waals surface area contributed by atoms with Crippen LogP contribution in [0.2, 0.25) is 0 Å². The van der Waals surface area contributed by atoms with Crippen LogP contribution in [-0.4, -0.2) is 31.8 Å². The predicted molar refractivity (Wildman–Crippen MR) is 87.9 cm³/mol. The van der Waals surface area contributed by atoms with Crippen molar-refractivity contribution in [2.75, 3.05) is 20.8 Å².